The van der Waals surface area contributed by atoms with Crippen molar-refractivity contribution < 1.29 is 77.8 Å². The van der Waals surface area contributed by atoms with E-state index in [2.05, 4.69) is 0 Å². The van der Waals surface area contributed by atoms with Crippen LogP contribution in [0.25, 0.3) is 0 Å². The summed E-state index contributed by atoms with van der Waals surface area (Å²) in [4.78, 5) is 100. The predicted octanol–water partition coefficient (Wildman–Crippen LogP) is 6.22. The number of aromatic nitrogens is 1. The highest BCUT2D eigenvalue weighted by molar-refractivity contribution is 5.97. The lowest BCUT2D eigenvalue weighted by molar-refractivity contribution is -0.197. The smallest absolute Gasteiger partial charge is 0.317 e. The van der Waals surface area contributed by atoms with E-state index in [-0.39, 0.29) is 61.6 Å². The summed E-state index contributed by atoms with van der Waals surface area (Å²) in [5.41, 5.74) is 0.0807. The summed E-state index contributed by atoms with van der Waals surface area (Å²) in [6, 6.07) is 0. The molecule has 0 aromatic carbocycles. The van der Waals surface area contributed by atoms with E-state index in [1.54, 1.807) is 27.7 Å². The van der Waals surface area contributed by atoms with E-state index in [9.17, 15) is 54.1 Å². The standard InChI is InChI=1S/C50H69NO16/c1-9-11-15-64-44(56)21(4)30(47(59)65-16-12-10-2)32-24-14-13-23(37(43(54)55)38(24)46(58)63-8)33(32)39-40(49(61)66-48(39)60)34-26-17-22(18-27(26)45(57)67-50(5,6)7)31(34)29-20(3)25-19-28(29)36-35(25)41(52)51(62)42(36)53/h20-34,37-40,52-53,62H,9-19H2,1-8H3,(H,54,55). The molecule has 2 heterocycles. The van der Waals surface area contributed by atoms with E-state index in [1.165, 1.54) is 0 Å². The van der Waals surface area contributed by atoms with Gasteiger partial charge in [-0.1, -0.05) is 40.5 Å². The van der Waals surface area contributed by atoms with Gasteiger partial charge in [0.2, 0.25) is 11.8 Å². The maximum Gasteiger partial charge on any atom is 0.317 e. The molecule has 0 spiro atoms. The van der Waals surface area contributed by atoms with E-state index in [4.69, 9.17) is 23.7 Å². The van der Waals surface area contributed by atoms with Gasteiger partial charge in [0.05, 0.1) is 61.7 Å². The second kappa shape index (κ2) is 18.2. The zero-order valence-electron chi connectivity index (χ0n) is 39.9. The number of aromatic hydroxyl groups is 2. The van der Waals surface area contributed by atoms with Crippen LogP contribution in [0.15, 0.2) is 0 Å². The van der Waals surface area contributed by atoms with Crippen LogP contribution in [0, 0.1) is 101 Å². The zero-order chi connectivity index (χ0) is 48.7. The fourth-order valence-corrected chi connectivity index (χ4v) is 15.6. The second-order valence-corrected chi connectivity index (χ2v) is 22.0. The Labute approximate surface area is 390 Å². The summed E-state index contributed by atoms with van der Waals surface area (Å²) in [6.07, 6.45) is 4.48. The molecule has 6 bridgehead atoms. The predicted molar refractivity (Wildman–Crippen MR) is 233 cm³/mol. The highest BCUT2D eigenvalue weighted by atomic mass is 16.6. The molecule has 1 saturated heterocycles. The molecule has 19 atom stereocenters. The average Bonchev–Trinajstić information content (AvgIpc) is 4.12. The molecule has 8 aliphatic rings. The third-order valence-corrected chi connectivity index (χ3v) is 17.8. The molecule has 9 rings (SSSR count). The first-order valence-corrected chi connectivity index (χ1v) is 24.7. The van der Waals surface area contributed by atoms with Crippen molar-refractivity contribution in [2.75, 3.05) is 20.3 Å². The molecule has 67 heavy (non-hydrogen) atoms. The minimum absolute atomic E-state index is 0.0228. The summed E-state index contributed by atoms with van der Waals surface area (Å²) in [6.45, 7) is 12.9. The number of hydrogen-bond acceptors (Lipinski definition) is 15. The summed E-state index contributed by atoms with van der Waals surface area (Å²) in [5.74, 6) is -21.7. The Kier molecular flexibility index (Phi) is 13.2. The van der Waals surface area contributed by atoms with Crippen LogP contribution in [-0.4, -0.2) is 93.0 Å². The molecule has 7 fully saturated rings. The van der Waals surface area contributed by atoms with Crippen molar-refractivity contribution in [3.8, 4) is 11.8 Å². The topological polar surface area (TPSA) is 251 Å². The normalized spacial score (nSPS) is 37.8. The maximum absolute atomic E-state index is 14.9. The number of aliphatic carboxylic acids is 1. The van der Waals surface area contributed by atoms with Crippen LogP contribution in [0.3, 0.4) is 0 Å². The SMILES string of the molecule is CCCCOC(=O)C(C)C(C(=O)OCCCC)C1C2CCC(C(C(=O)O)C2C(=O)OC)C1C1C(=O)OC(=O)C1C1C2CC(CC2C(=O)OC(C)(C)C)C1C1C2CC(c3c2c(O)n(O)c3O)C1C. The third kappa shape index (κ3) is 7.85. The minimum Gasteiger partial charge on any atom is -0.492 e. The third-order valence-electron chi connectivity index (χ3n) is 17.8. The Hall–Kier alpha value is -4.83. The number of cyclic esters (lactones) is 2. The number of unbranched alkanes of at least 4 members (excludes halogenated alkanes) is 2. The average molecular weight is 940 g/mol. The molecule has 4 N–H and O–H groups in total. The molecule has 0 amide bonds. The summed E-state index contributed by atoms with van der Waals surface area (Å²) >= 11 is 0. The Morgan fingerprint density at radius 3 is 1.93 bits per heavy atom. The lowest BCUT2D eigenvalue weighted by Gasteiger charge is -2.58. The van der Waals surface area contributed by atoms with Crippen LogP contribution >= 0.6 is 0 Å². The van der Waals surface area contributed by atoms with Crippen molar-refractivity contribution in [1.29, 1.82) is 0 Å². The Morgan fingerprint density at radius 1 is 0.761 bits per heavy atom. The van der Waals surface area contributed by atoms with Crippen molar-refractivity contribution in [3.05, 3.63) is 11.1 Å². The van der Waals surface area contributed by atoms with Gasteiger partial charge in [-0.05, 0) is 137 Å². The Bertz CT molecular complexity index is 2160. The monoisotopic (exact) mass is 939 g/mol. The first-order chi connectivity index (χ1) is 31.7. The van der Waals surface area contributed by atoms with Gasteiger partial charge in [0.15, 0.2) is 0 Å². The van der Waals surface area contributed by atoms with Crippen molar-refractivity contribution in [2.45, 2.75) is 124 Å². The van der Waals surface area contributed by atoms with Gasteiger partial charge in [-0.3, -0.25) is 33.6 Å². The van der Waals surface area contributed by atoms with Crippen molar-refractivity contribution in [1.82, 2.24) is 4.73 Å². The molecule has 370 valence electrons. The van der Waals surface area contributed by atoms with Gasteiger partial charge >= 0.3 is 41.8 Å². The van der Waals surface area contributed by atoms with Crippen LogP contribution < -0.4 is 0 Å². The fraction of sp³-hybridized carbons (Fsp3) is 0.780. The number of carbonyl (C=O) groups is 7. The number of carboxylic acid groups (broad SMARTS) is 1. The molecule has 1 aliphatic heterocycles. The number of hydrogen-bond donors (Lipinski definition) is 4. The molecule has 17 heteroatoms. The van der Waals surface area contributed by atoms with Crippen LogP contribution in [0.5, 0.6) is 11.8 Å². The van der Waals surface area contributed by atoms with E-state index in [0.29, 0.717) is 54.4 Å². The number of rotatable bonds is 16. The van der Waals surface area contributed by atoms with Gasteiger partial charge in [-0.25, -0.2) is 0 Å². The largest absolute Gasteiger partial charge is 0.492 e. The number of carboxylic acids is 1. The minimum atomic E-state index is -1.38. The fourth-order valence-electron chi connectivity index (χ4n) is 15.6. The van der Waals surface area contributed by atoms with Gasteiger partial charge in [-0.2, -0.15) is 0 Å². The summed E-state index contributed by atoms with van der Waals surface area (Å²) < 4.78 is 29.0. The van der Waals surface area contributed by atoms with Crippen LogP contribution in [0.2, 0.25) is 0 Å². The van der Waals surface area contributed by atoms with Crippen molar-refractivity contribution in [3.63, 3.8) is 0 Å². The quantitative estimate of drug-likeness (QED) is 0.0472. The zero-order valence-corrected chi connectivity index (χ0v) is 39.9. The number of fused-ring (bicyclic) bond motifs is 10. The first-order valence-electron chi connectivity index (χ1n) is 24.7. The second-order valence-electron chi connectivity index (χ2n) is 22.0. The lowest BCUT2D eigenvalue weighted by atomic mass is 9.43. The molecular weight excluding hydrogens is 871 g/mol. The van der Waals surface area contributed by atoms with Gasteiger partial charge in [0, 0.05) is 11.1 Å². The van der Waals surface area contributed by atoms with E-state index in [1.807, 2.05) is 20.8 Å². The Morgan fingerprint density at radius 2 is 1.34 bits per heavy atom. The molecule has 0 radical (unpaired) electrons. The molecule has 17 nitrogen and oxygen atoms in total. The highest BCUT2D eigenvalue weighted by Crippen LogP contribution is 2.73. The van der Waals surface area contributed by atoms with E-state index in [0.717, 1.165) is 13.5 Å². The summed E-state index contributed by atoms with van der Waals surface area (Å²) in [7, 11) is 1.16. The molecule has 19 unspecified atom stereocenters. The summed E-state index contributed by atoms with van der Waals surface area (Å²) in [5, 5.41) is 43.8. The van der Waals surface area contributed by atoms with Crippen LogP contribution in [0.4, 0.5) is 0 Å². The van der Waals surface area contributed by atoms with Gasteiger partial charge < -0.3 is 44.2 Å². The van der Waals surface area contributed by atoms with Gasteiger partial charge in [0.1, 0.15) is 5.60 Å². The van der Waals surface area contributed by atoms with E-state index >= 15 is 0 Å². The van der Waals surface area contributed by atoms with Crippen LogP contribution in [0.1, 0.15) is 129 Å². The number of esters is 6. The van der Waals surface area contributed by atoms with Crippen molar-refractivity contribution >= 4 is 41.8 Å². The first kappa shape index (κ1) is 48.6. The molecule has 6 saturated carbocycles. The van der Waals surface area contributed by atoms with Crippen molar-refractivity contribution in [2.24, 2.45) is 101 Å². The number of methoxy groups -OCH3 is 1. The highest BCUT2D eigenvalue weighted by Gasteiger charge is 2.72. The lowest BCUT2D eigenvalue weighted by Crippen LogP contribution is -2.62. The maximum atomic E-state index is 14.9. The number of nitrogens with zero attached hydrogens (tertiary/aromatic N) is 1. The number of carbonyl (C=O) groups excluding carboxylic acids is 6. The Balaban J connectivity index is 1.29. The number of ether oxygens (including phenoxy) is 5. The molecular formula is C50H69NO16. The molecule has 1 aromatic rings. The van der Waals surface area contributed by atoms with Gasteiger partial charge in [-0.15, -0.1) is 4.73 Å². The van der Waals surface area contributed by atoms with E-state index < -0.39 is 136 Å². The molecule has 1 aromatic heterocycles. The van der Waals surface area contributed by atoms with Crippen LogP contribution in [-0.2, 0) is 57.2 Å². The molecule has 7 aliphatic carbocycles. The van der Waals surface area contributed by atoms with Gasteiger partial charge in [0.25, 0.3) is 0 Å².